The smallest absolute Gasteiger partial charge is 1.00 e. The van der Waals surface area contributed by atoms with Crippen LogP contribution in [-0.2, 0) is 23.2 Å². The summed E-state index contributed by atoms with van der Waals surface area (Å²) in [6, 6.07) is 12.3. The summed E-state index contributed by atoms with van der Waals surface area (Å²) < 4.78 is 43.0. The maximum absolute atomic E-state index is 14.1. The van der Waals surface area contributed by atoms with Gasteiger partial charge < -0.3 is 43.7 Å². The molecule has 1 N–H and O–H groups in total. The summed E-state index contributed by atoms with van der Waals surface area (Å²) in [5.74, 6) is -0.629. The van der Waals surface area contributed by atoms with Gasteiger partial charge in [-0.05, 0) is 102 Å². The molecule has 0 aliphatic heterocycles. The van der Waals surface area contributed by atoms with Gasteiger partial charge in [0.05, 0.1) is 32.5 Å². The third-order valence-electron chi connectivity index (χ3n) is 6.70. The van der Waals surface area contributed by atoms with Gasteiger partial charge in [-0.1, -0.05) is 12.2 Å². The Labute approximate surface area is 302 Å². The number of nitrogens with zero attached hydrogens (tertiary/aromatic N) is 2. The molecule has 0 radical (unpaired) electrons. The van der Waals surface area contributed by atoms with E-state index in [1.54, 1.807) is 62.7 Å². The number of esters is 1. The van der Waals surface area contributed by atoms with Crippen molar-refractivity contribution in [1.29, 1.82) is 0 Å². The van der Waals surface area contributed by atoms with Gasteiger partial charge in [0.2, 0.25) is 11.8 Å². The van der Waals surface area contributed by atoms with Gasteiger partial charge in [0, 0.05) is 24.5 Å². The molecule has 0 saturated carbocycles. The number of aliphatic hydroxyl groups is 1. The molecular formula is C36H39BrF2MgN2O5. The Balaban J connectivity index is 0.000000846. The minimum absolute atomic E-state index is 0. The van der Waals surface area contributed by atoms with E-state index in [9.17, 15) is 18.7 Å². The predicted molar refractivity (Wildman–Crippen MR) is 179 cm³/mol. The molecule has 246 valence electrons. The molecule has 0 aliphatic carbocycles. The molecule has 0 bridgehead atoms. The van der Waals surface area contributed by atoms with Crippen LogP contribution in [-0.4, -0.2) is 65.4 Å². The first-order valence-electron chi connectivity index (χ1n) is 13.7. The Morgan fingerprint density at radius 2 is 1.28 bits per heavy atom. The maximum atomic E-state index is 14.1. The average molecular weight is 722 g/mol. The molecule has 7 nitrogen and oxygen atoms in total. The van der Waals surface area contributed by atoms with Crippen molar-refractivity contribution in [1.82, 2.24) is 9.97 Å². The van der Waals surface area contributed by atoms with Gasteiger partial charge in [-0.3, -0.25) is 0 Å². The normalized spacial score (nSPS) is 10.0. The quantitative estimate of drug-likeness (QED) is 0.113. The number of methoxy groups -OCH3 is 3. The first kappa shape index (κ1) is 43.4. The Morgan fingerprint density at radius 3 is 1.70 bits per heavy atom. The minimum atomic E-state index is -1.15. The molecule has 4 aromatic rings. The van der Waals surface area contributed by atoms with E-state index in [0.29, 0.717) is 52.4 Å². The number of aromatic nitrogens is 2. The van der Waals surface area contributed by atoms with Crippen molar-refractivity contribution < 1.29 is 49.9 Å². The van der Waals surface area contributed by atoms with Gasteiger partial charge in [-0.15, -0.1) is 13.2 Å². The van der Waals surface area contributed by atoms with Gasteiger partial charge in [-0.25, -0.2) is 23.5 Å². The SMILES string of the molecule is C=CCc1c(-c2ccnc(OC)c2)cc(F)cc1C(C)(C)O.C=CCc1c(C(=O)OC)cc(F)cc1-c1ccnc(OC)c1.[Br-].[CH3-].[Mg+2]. The second-order valence-electron chi connectivity index (χ2n) is 10.2. The standard InChI is InChI=1S/C18H20FNO2.C17H16FNO3.CH3.BrH.Mg/c1-5-6-14-15(12-7-8-20-17(9-12)22-4)10-13(19)11-16(14)18(2,3)21;1-4-5-13-14(11-6-7-19-16(8-11)21-2)9-12(18)10-15(13)17(20)22-3;;;/h5,7-11,21H,1,6H2,2-4H3;4,6-10H,1,5H2,2-3H3;1H3;1H;/q;;-1;;+2/p-1. The fourth-order valence-electron chi connectivity index (χ4n) is 4.73. The van der Waals surface area contributed by atoms with Crippen LogP contribution >= 0.6 is 0 Å². The van der Waals surface area contributed by atoms with Crippen LogP contribution in [0.1, 0.15) is 40.9 Å². The van der Waals surface area contributed by atoms with Crippen LogP contribution in [0.15, 0.2) is 86.2 Å². The Kier molecular flexibility index (Phi) is 18.3. The molecule has 0 spiro atoms. The summed E-state index contributed by atoms with van der Waals surface area (Å²) in [5, 5.41) is 10.4. The average Bonchev–Trinajstić information content (AvgIpc) is 3.01. The fourth-order valence-corrected chi connectivity index (χ4v) is 4.73. The number of rotatable bonds is 10. The molecule has 4 rings (SSSR count). The van der Waals surface area contributed by atoms with Crippen LogP contribution in [0.2, 0.25) is 0 Å². The van der Waals surface area contributed by atoms with Crippen molar-refractivity contribution in [2.75, 3.05) is 21.3 Å². The molecule has 2 aromatic carbocycles. The van der Waals surface area contributed by atoms with Gasteiger partial charge in [0.1, 0.15) is 11.6 Å². The number of pyridine rings is 2. The van der Waals surface area contributed by atoms with E-state index in [1.807, 2.05) is 0 Å². The number of allylic oxidation sites excluding steroid dienone is 2. The third-order valence-corrected chi connectivity index (χ3v) is 6.70. The first-order valence-corrected chi connectivity index (χ1v) is 13.7. The first-order chi connectivity index (χ1) is 21.0. The third kappa shape index (κ3) is 11.2. The largest absolute Gasteiger partial charge is 2.00 e. The van der Waals surface area contributed by atoms with Crippen LogP contribution in [0.4, 0.5) is 8.78 Å². The zero-order valence-corrected chi connectivity index (χ0v) is 30.6. The monoisotopic (exact) mass is 720 g/mol. The van der Waals surface area contributed by atoms with E-state index in [0.717, 1.165) is 11.1 Å². The van der Waals surface area contributed by atoms with Gasteiger partial charge in [0.25, 0.3) is 0 Å². The Hall–Kier alpha value is -3.64. The Bertz CT molecular complexity index is 1660. The van der Waals surface area contributed by atoms with Crippen LogP contribution < -0.4 is 26.5 Å². The van der Waals surface area contributed by atoms with Crippen LogP contribution in [0.25, 0.3) is 22.3 Å². The minimum Gasteiger partial charge on any atom is -1.00 e. The molecule has 2 aromatic heterocycles. The number of ether oxygens (including phenoxy) is 3. The zero-order valence-electron chi connectivity index (χ0n) is 27.6. The number of halogens is 3. The molecule has 0 atom stereocenters. The van der Waals surface area contributed by atoms with Crippen LogP contribution in [0, 0.1) is 19.1 Å². The molecule has 2 heterocycles. The van der Waals surface area contributed by atoms with E-state index in [4.69, 9.17) is 14.2 Å². The predicted octanol–water partition coefficient (Wildman–Crippen LogP) is 4.34. The number of hydrogen-bond acceptors (Lipinski definition) is 7. The second kappa shape index (κ2) is 19.9. The molecule has 0 amide bonds. The summed E-state index contributed by atoms with van der Waals surface area (Å²) >= 11 is 0. The van der Waals surface area contributed by atoms with Gasteiger partial charge in [0.15, 0.2) is 0 Å². The van der Waals surface area contributed by atoms with Crippen molar-refractivity contribution in [3.05, 3.63) is 128 Å². The number of hydrogen-bond donors (Lipinski definition) is 1. The molecule has 11 heteroatoms. The number of carbonyl (C=O) groups excluding carboxylic acids is 1. The van der Waals surface area contributed by atoms with E-state index in [1.165, 1.54) is 45.6 Å². The van der Waals surface area contributed by atoms with E-state index >= 15 is 0 Å². The van der Waals surface area contributed by atoms with E-state index in [2.05, 4.69) is 23.1 Å². The second-order valence-corrected chi connectivity index (χ2v) is 10.2. The molecular weight excluding hydrogens is 683 g/mol. The summed E-state index contributed by atoms with van der Waals surface area (Å²) in [6.07, 6.45) is 7.51. The summed E-state index contributed by atoms with van der Waals surface area (Å²) in [6.45, 7) is 10.7. The van der Waals surface area contributed by atoms with Crippen molar-refractivity contribution in [3.8, 4) is 34.0 Å². The number of carbonyl (C=O) groups is 1. The zero-order chi connectivity index (χ0) is 32.4. The molecule has 47 heavy (non-hydrogen) atoms. The molecule has 0 aliphatic rings. The fraction of sp³-hybridized carbons (Fsp3) is 0.222. The molecule has 0 saturated heterocycles. The van der Waals surface area contributed by atoms with E-state index < -0.39 is 23.2 Å². The van der Waals surface area contributed by atoms with Crippen LogP contribution in [0.5, 0.6) is 11.8 Å². The van der Waals surface area contributed by atoms with Crippen LogP contribution in [0.3, 0.4) is 0 Å². The maximum Gasteiger partial charge on any atom is 2.00 e. The van der Waals surface area contributed by atoms with Crippen molar-refractivity contribution in [2.45, 2.75) is 32.3 Å². The topological polar surface area (TPSA) is 90.8 Å². The van der Waals surface area contributed by atoms with Gasteiger partial charge in [-0.2, -0.15) is 0 Å². The van der Waals surface area contributed by atoms with Gasteiger partial charge >= 0.3 is 29.0 Å². The molecule has 0 unspecified atom stereocenters. The number of benzene rings is 2. The molecule has 0 fully saturated rings. The van der Waals surface area contributed by atoms with Crippen molar-refractivity contribution in [2.24, 2.45) is 0 Å². The van der Waals surface area contributed by atoms with Crippen molar-refractivity contribution in [3.63, 3.8) is 0 Å². The summed E-state index contributed by atoms with van der Waals surface area (Å²) in [7, 11) is 4.30. The van der Waals surface area contributed by atoms with Crippen molar-refractivity contribution >= 4 is 29.0 Å². The summed E-state index contributed by atoms with van der Waals surface area (Å²) in [4.78, 5) is 20.0. The Morgan fingerprint density at radius 1 is 0.830 bits per heavy atom. The van der Waals surface area contributed by atoms with E-state index in [-0.39, 0.29) is 53.0 Å². The summed E-state index contributed by atoms with van der Waals surface area (Å²) in [5.41, 5.74) is 3.87.